The van der Waals surface area contributed by atoms with Crippen molar-refractivity contribution in [3.05, 3.63) is 59.1 Å². The SMILES string of the molecule is CC(C)n1cnc(S(=O)(=O)NC[C@](O)(c2ccsc2)c2ccco2)c1. The molecule has 0 amide bonds. The molecule has 3 heterocycles. The summed E-state index contributed by atoms with van der Waals surface area (Å²) < 4.78 is 34.5. The Kier molecular flexibility index (Phi) is 4.83. The molecule has 0 aliphatic carbocycles. The molecule has 2 N–H and O–H groups in total. The van der Waals surface area contributed by atoms with Gasteiger partial charge in [0, 0.05) is 17.8 Å². The minimum Gasteiger partial charge on any atom is -0.466 e. The van der Waals surface area contributed by atoms with Gasteiger partial charge in [0.15, 0.2) is 10.6 Å². The van der Waals surface area contributed by atoms with Crippen LogP contribution < -0.4 is 4.72 Å². The average Bonchev–Trinajstić information content (AvgIpc) is 3.35. The number of aromatic nitrogens is 2. The molecule has 25 heavy (non-hydrogen) atoms. The van der Waals surface area contributed by atoms with Crippen LogP contribution >= 0.6 is 11.3 Å². The summed E-state index contributed by atoms with van der Waals surface area (Å²) in [6.45, 7) is 3.59. The van der Waals surface area contributed by atoms with Crippen LogP contribution in [0, 0.1) is 0 Å². The molecule has 0 aliphatic heterocycles. The molecule has 1 atom stereocenters. The highest BCUT2D eigenvalue weighted by atomic mass is 32.2. The Hall–Kier alpha value is -1.94. The number of rotatable bonds is 7. The molecule has 0 radical (unpaired) electrons. The normalized spacial score (nSPS) is 14.7. The lowest BCUT2D eigenvalue weighted by atomic mass is 9.94. The van der Waals surface area contributed by atoms with Crippen LogP contribution in [0.4, 0.5) is 0 Å². The molecule has 0 aromatic carbocycles. The van der Waals surface area contributed by atoms with E-state index in [0.717, 1.165) is 0 Å². The van der Waals surface area contributed by atoms with Crippen LogP contribution in [0.2, 0.25) is 0 Å². The van der Waals surface area contributed by atoms with Crippen molar-refractivity contribution < 1.29 is 17.9 Å². The van der Waals surface area contributed by atoms with Crippen LogP contribution in [0.25, 0.3) is 0 Å². The number of imidazole rings is 1. The summed E-state index contributed by atoms with van der Waals surface area (Å²) in [6, 6.07) is 5.09. The molecule has 0 saturated carbocycles. The summed E-state index contributed by atoms with van der Waals surface area (Å²) in [5, 5.41) is 14.6. The van der Waals surface area contributed by atoms with Crippen LogP contribution in [0.3, 0.4) is 0 Å². The van der Waals surface area contributed by atoms with Crippen LogP contribution in [-0.2, 0) is 15.6 Å². The molecule has 0 unspecified atom stereocenters. The van der Waals surface area contributed by atoms with Gasteiger partial charge in [0.05, 0.1) is 19.1 Å². The minimum absolute atomic E-state index is 0.0895. The van der Waals surface area contributed by atoms with E-state index in [0.29, 0.717) is 5.56 Å². The molecule has 9 heteroatoms. The predicted octanol–water partition coefficient (Wildman–Crippen LogP) is 2.33. The molecule has 0 saturated heterocycles. The molecule has 3 aromatic rings. The van der Waals surface area contributed by atoms with Crippen LogP contribution in [0.15, 0.2) is 57.2 Å². The Morgan fingerprint density at radius 2 is 2.24 bits per heavy atom. The summed E-state index contributed by atoms with van der Waals surface area (Å²) in [7, 11) is -3.87. The first-order valence-electron chi connectivity index (χ1n) is 7.65. The smallest absolute Gasteiger partial charge is 0.259 e. The standard InChI is InChI=1S/C16H19N3O4S2/c1-12(2)19-8-15(17-11-19)25(21,22)18-10-16(20,13-5-7-24-9-13)14-4-3-6-23-14/h3-9,11-12,18,20H,10H2,1-2H3/t16-/m0/s1. The lowest BCUT2D eigenvalue weighted by Crippen LogP contribution is -2.41. The zero-order valence-electron chi connectivity index (χ0n) is 13.8. The molecule has 134 valence electrons. The molecule has 0 aliphatic rings. The number of sulfonamides is 1. The number of thiophene rings is 1. The second-order valence-corrected chi connectivity index (χ2v) is 8.42. The zero-order chi connectivity index (χ0) is 18.1. The highest BCUT2D eigenvalue weighted by Gasteiger charge is 2.36. The Morgan fingerprint density at radius 1 is 1.44 bits per heavy atom. The van der Waals surface area contributed by atoms with Gasteiger partial charge in [-0.15, -0.1) is 0 Å². The molecule has 0 spiro atoms. The third kappa shape index (κ3) is 3.54. The van der Waals surface area contributed by atoms with E-state index in [4.69, 9.17) is 4.42 Å². The van der Waals surface area contributed by atoms with Gasteiger partial charge in [-0.2, -0.15) is 11.3 Å². The summed E-state index contributed by atoms with van der Waals surface area (Å²) in [5.41, 5.74) is -1.04. The third-order valence-electron chi connectivity index (χ3n) is 3.89. The van der Waals surface area contributed by atoms with Crippen molar-refractivity contribution in [3.8, 4) is 0 Å². The van der Waals surface area contributed by atoms with E-state index in [1.54, 1.807) is 28.1 Å². The maximum atomic E-state index is 12.5. The minimum atomic E-state index is -3.87. The third-order valence-corrected chi connectivity index (χ3v) is 5.86. The van der Waals surface area contributed by atoms with Gasteiger partial charge in [-0.05, 0) is 42.8 Å². The largest absolute Gasteiger partial charge is 0.466 e. The van der Waals surface area contributed by atoms with Crippen LogP contribution in [-0.4, -0.2) is 29.6 Å². The van der Waals surface area contributed by atoms with Gasteiger partial charge in [-0.25, -0.2) is 18.1 Å². The second kappa shape index (κ2) is 6.75. The van der Waals surface area contributed by atoms with Crippen molar-refractivity contribution in [1.29, 1.82) is 0 Å². The molecule has 3 rings (SSSR count). The lowest BCUT2D eigenvalue weighted by molar-refractivity contribution is 0.0623. The molecular formula is C16H19N3O4S2. The topological polar surface area (TPSA) is 97.4 Å². The van der Waals surface area contributed by atoms with Gasteiger partial charge in [0.1, 0.15) is 5.76 Å². The number of nitrogens with zero attached hydrogens (tertiary/aromatic N) is 2. The van der Waals surface area contributed by atoms with Crippen LogP contribution in [0.5, 0.6) is 0 Å². The molecule has 0 bridgehead atoms. The fourth-order valence-electron chi connectivity index (χ4n) is 2.36. The summed E-state index contributed by atoms with van der Waals surface area (Å²) in [5.74, 6) is 0.265. The first kappa shape index (κ1) is 17.9. The molecule has 0 fully saturated rings. The fourth-order valence-corrected chi connectivity index (χ4v) is 4.07. The molecule has 3 aromatic heterocycles. The quantitative estimate of drug-likeness (QED) is 0.655. The van der Waals surface area contributed by atoms with Gasteiger partial charge >= 0.3 is 0 Å². The maximum absolute atomic E-state index is 12.5. The van der Waals surface area contributed by atoms with E-state index in [-0.39, 0.29) is 23.4 Å². The second-order valence-electron chi connectivity index (χ2n) is 5.93. The highest BCUT2D eigenvalue weighted by Crippen LogP contribution is 2.31. The number of nitrogens with one attached hydrogen (secondary N) is 1. The van der Waals surface area contributed by atoms with Crippen molar-refractivity contribution in [1.82, 2.24) is 14.3 Å². The van der Waals surface area contributed by atoms with E-state index in [2.05, 4.69) is 9.71 Å². The zero-order valence-corrected chi connectivity index (χ0v) is 15.4. The van der Waals surface area contributed by atoms with Gasteiger partial charge in [-0.3, -0.25) is 0 Å². The van der Waals surface area contributed by atoms with Crippen molar-refractivity contribution in [2.75, 3.05) is 6.54 Å². The van der Waals surface area contributed by atoms with E-state index < -0.39 is 15.6 Å². The predicted molar refractivity (Wildman–Crippen MR) is 93.8 cm³/mol. The summed E-state index contributed by atoms with van der Waals surface area (Å²) >= 11 is 1.41. The Bertz CT molecular complexity index is 878. The Balaban J connectivity index is 1.86. The van der Waals surface area contributed by atoms with Crippen molar-refractivity contribution in [2.45, 2.75) is 30.5 Å². The average molecular weight is 381 g/mol. The van der Waals surface area contributed by atoms with Crippen molar-refractivity contribution >= 4 is 21.4 Å². The summed E-state index contributed by atoms with van der Waals surface area (Å²) in [4.78, 5) is 3.94. The molecule has 7 nitrogen and oxygen atoms in total. The van der Waals surface area contributed by atoms with Gasteiger partial charge in [-0.1, -0.05) is 0 Å². The Labute approximate surface area is 150 Å². The van der Waals surface area contributed by atoms with Crippen molar-refractivity contribution in [2.24, 2.45) is 0 Å². The van der Waals surface area contributed by atoms with E-state index in [9.17, 15) is 13.5 Å². The van der Waals surface area contributed by atoms with Crippen molar-refractivity contribution in [3.63, 3.8) is 0 Å². The lowest BCUT2D eigenvalue weighted by Gasteiger charge is -2.25. The number of aliphatic hydroxyl groups is 1. The Morgan fingerprint density at radius 3 is 2.80 bits per heavy atom. The number of hydrogen-bond acceptors (Lipinski definition) is 6. The van der Waals surface area contributed by atoms with Gasteiger partial charge in [0.25, 0.3) is 10.0 Å². The van der Waals surface area contributed by atoms with Crippen LogP contribution in [0.1, 0.15) is 31.2 Å². The maximum Gasteiger partial charge on any atom is 0.259 e. The first-order valence-corrected chi connectivity index (χ1v) is 10.1. The summed E-state index contributed by atoms with van der Waals surface area (Å²) in [6.07, 6.45) is 4.37. The van der Waals surface area contributed by atoms with E-state index in [1.807, 2.05) is 19.2 Å². The number of hydrogen-bond donors (Lipinski definition) is 2. The fraction of sp³-hybridized carbons (Fsp3) is 0.312. The number of furan rings is 1. The van der Waals surface area contributed by atoms with E-state index >= 15 is 0 Å². The first-order chi connectivity index (χ1) is 11.8. The molecular weight excluding hydrogens is 362 g/mol. The van der Waals surface area contributed by atoms with Gasteiger partial charge in [0.2, 0.25) is 0 Å². The highest BCUT2D eigenvalue weighted by molar-refractivity contribution is 7.89. The van der Waals surface area contributed by atoms with Gasteiger partial charge < -0.3 is 14.1 Å². The van der Waals surface area contributed by atoms with E-state index in [1.165, 1.54) is 30.1 Å². The monoisotopic (exact) mass is 381 g/mol.